The first-order chi connectivity index (χ1) is 7.72. The van der Waals surface area contributed by atoms with Crippen LogP contribution in [-0.4, -0.2) is 30.0 Å². The fraction of sp³-hybridized carbons (Fsp3) is 0.917. The molecule has 16 heavy (non-hydrogen) atoms. The summed E-state index contributed by atoms with van der Waals surface area (Å²) in [5.41, 5.74) is 0. The summed E-state index contributed by atoms with van der Waals surface area (Å²) < 4.78 is 5.03. The topological polar surface area (TPSA) is 58.6 Å². The fourth-order valence-electron chi connectivity index (χ4n) is 1.98. The highest BCUT2D eigenvalue weighted by Gasteiger charge is 2.20. The van der Waals surface area contributed by atoms with E-state index < -0.39 is 0 Å². The summed E-state index contributed by atoms with van der Waals surface area (Å²) in [7, 11) is 0. The van der Waals surface area contributed by atoms with Gasteiger partial charge in [-0.3, -0.25) is 0 Å². The number of nitrogens with one attached hydrogen (secondary N) is 1. The molecule has 0 radical (unpaired) electrons. The number of rotatable bonds is 4. The van der Waals surface area contributed by atoms with Crippen molar-refractivity contribution >= 4 is 6.09 Å². The van der Waals surface area contributed by atoms with Crippen molar-refractivity contribution < 1.29 is 14.6 Å². The van der Waals surface area contributed by atoms with Gasteiger partial charge in [-0.15, -0.1) is 0 Å². The van der Waals surface area contributed by atoms with E-state index in [0.29, 0.717) is 13.0 Å². The van der Waals surface area contributed by atoms with Crippen LogP contribution in [0.4, 0.5) is 4.79 Å². The Kier molecular flexibility index (Phi) is 6.23. The Labute approximate surface area is 97.4 Å². The van der Waals surface area contributed by atoms with Gasteiger partial charge in [0.1, 0.15) is 0 Å². The van der Waals surface area contributed by atoms with Crippen LogP contribution in [0.15, 0.2) is 0 Å². The Hall–Kier alpha value is -0.770. The minimum Gasteiger partial charge on any atom is -0.450 e. The lowest BCUT2D eigenvalue weighted by Crippen LogP contribution is -2.37. The molecular weight excluding hydrogens is 206 g/mol. The molecule has 94 valence electrons. The van der Waals surface area contributed by atoms with Gasteiger partial charge < -0.3 is 15.2 Å². The lowest BCUT2D eigenvalue weighted by Gasteiger charge is -2.17. The molecule has 0 heterocycles. The zero-order chi connectivity index (χ0) is 11.8. The molecule has 4 nitrogen and oxygen atoms in total. The van der Waals surface area contributed by atoms with E-state index in [4.69, 9.17) is 4.74 Å². The number of hydrogen-bond donors (Lipinski definition) is 2. The monoisotopic (exact) mass is 229 g/mol. The number of hydrogen-bond acceptors (Lipinski definition) is 3. The second kappa shape index (κ2) is 7.49. The van der Waals surface area contributed by atoms with Crippen LogP contribution in [-0.2, 0) is 4.74 Å². The van der Waals surface area contributed by atoms with Crippen molar-refractivity contribution in [3.63, 3.8) is 0 Å². The Bertz CT molecular complexity index is 208. The molecule has 0 aromatic rings. The van der Waals surface area contributed by atoms with Crippen LogP contribution in [0.2, 0.25) is 0 Å². The van der Waals surface area contributed by atoms with E-state index in [1.165, 1.54) is 0 Å². The zero-order valence-electron chi connectivity index (χ0n) is 10.1. The molecule has 1 rings (SSSR count). The number of unbranched alkanes of at least 4 members (excludes halogenated alkanes) is 1. The average Bonchev–Trinajstić information content (AvgIpc) is 2.43. The summed E-state index contributed by atoms with van der Waals surface area (Å²) in [4.78, 5) is 11.4. The molecule has 1 saturated carbocycles. The largest absolute Gasteiger partial charge is 0.450 e. The molecule has 0 bridgehead atoms. The van der Waals surface area contributed by atoms with Crippen LogP contribution < -0.4 is 5.32 Å². The minimum absolute atomic E-state index is 0.0756. The van der Waals surface area contributed by atoms with E-state index in [0.717, 1.165) is 38.5 Å². The summed E-state index contributed by atoms with van der Waals surface area (Å²) in [6, 6.07) is 0.0756. The summed E-state index contributed by atoms with van der Waals surface area (Å²) >= 11 is 0. The number of amides is 1. The first-order valence-electron chi connectivity index (χ1n) is 6.33. The predicted molar refractivity (Wildman–Crippen MR) is 62.3 cm³/mol. The molecule has 1 aliphatic rings. The SMILES string of the molecule is CCCCOC(=O)N[C@@H]1CCCC[C@H](O)C1. The highest BCUT2D eigenvalue weighted by molar-refractivity contribution is 5.67. The second-order valence-corrected chi connectivity index (χ2v) is 4.50. The first-order valence-corrected chi connectivity index (χ1v) is 6.33. The molecule has 0 spiro atoms. The highest BCUT2D eigenvalue weighted by atomic mass is 16.5. The highest BCUT2D eigenvalue weighted by Crippen LogP contribution is 2.17. The third-order valence-corrected chi connectivity index (χ3v) is 2.95. The van der Waals surface area contributed by atoms with Gasteiger partial charge >= 0.3 is 6.09 Å². The standard InChI is InChI=1S/C12H23NO3/c1-2-3-8-16-12(15)13-10-6-4-5-7-11(14)9-10/h10-11,14H,2-9H2,1H3,(H,13,15)/t10-,11+/m1/s1. The van der Waals surface area contributed by atoms with Crippen molar-refractivity contribution in [3.05, 3.63) is 0 Å². The molecule has 0 aromatic carbocycles. The van der Waals surface area contributed by atoms with E-state index in [-0.39, 0.29) is 18.2 Å². The quantitative estimate of drug-likeness (QED) is 0.574. The number of aliphatic hydroxyl groups is 1. The summed E-state index contributed by atoms with van der Waals surface area (Å²) in [6.45, 7) is 2.54. The van der Waals surface area contributed by atoms with Gasteiger partial charge in [0.25, 0.3) is 0 Å². The second-order valence-electron chi connectivity index (χ2n) is 4.50. The van der Waals surface area contributed by atoms with E-state index in [2.05, 4.69) is 12.2 Å². The predicted octanol–water partition coefficient (Wildman–Crippen LogP) is 2.21. The average molecular weight is 229 g/mol. The van der Waals surface area contributed by atoms with E-state index in [9.17, 15) is 9.90 Å². The van der Waals surface area contributed by atoms with Crippen LogP contribution in [0.25, 0.3) is 0 Å². The molecule has 0 aliphatic heterocycles. The normalized spacial score (nSPS) is 25.9. The number of carbonyl (C=O) groups excluding carboxylic acids is 1. The van der Waals surface area contributed by atoms with E-state index >= 15 is 0 Å². The molecule has 0 aromatic heterocycles. The smallest absolute Gasteiger partial charge is 0.407 e. The third-order valence-electron chi connectivity index (χ3n) is 2.95. The third kappa shape index (κ3) is 5.35. The number of ether oxygens (including phenoxy) is 1. The van der Waals surface area contributed by atoms with Crippen LogP contribution in [0.1, 0.15) is 51.9 Å². The van der Waals surface area contributed by atoms with Gasteiger partial charge in [-0.2, -0.15) is 0 Å². The van der Waals surface area contributed by atoms with E-state index in [1.807, 2.05) is 0 Å². The molecule has 2 atom stereocenters. The van der Waals surface area contributed by atoms with Crippen molar-refractivity contribution in [2.75, 3.05) is 6.61 Å². The summed E-state index contributed by atoms with van der Waals surface area (Å²) in [5.74, 6) is 0. The molecule has 1 amide bonds. The van der Waals surface area contributed by atoms with Crippen LogP contribution in [0, 0.1) is 0 Å². The van der Waals surface area contributed by atoms with Crippen LogP contribution in [0.3, 0.4) is 0 Å². The van der Waals surface area contributed by atoms with Gasteiger partial charge in [0.15, 0.2) is 0 Å². The lowest BCUT2D eigenvalue weighted by molar-refractivity contribution is 0.126. The Morgan fingerprint density at radius 2 is 2.19 bits per heavy atom. The van der Waals surface area contributed by atoms with Crippen molar-refractivity contribution in [3.8, 4) is 0 Å². The summed E-state index contributed by atoms with van der Waals surface area (Å²) in [6.07, 6.45) is 5.87. The maximum Gasteiger partial charge on any atom is 0.407 e. The number of carbonyl (C=O) groups is 1. The van der Waals surface area contributed by atoms with Crippen molar-refractivity contribution in [1.29, 1.82) is 0 Å². The van der Waals surface area contributed by atoms with Gasteiger partial charge in [-0.05, 0) is 25.7 Å². The van der Waals surface area contributed by atoms with Gasteiger partial charge in [-0.1, -0.05) is 26.2 Å². The fourth-order valence-corrected chi connectivity index (χ4v) is 1.98. The van der Waals surface area contributed by atoms with Crippen molar-refractivity contribution in [2.45, 2.75) is 64.0 Å². The zero-order valence-corrected chi connectivity index (χ0v) is 10.1. The Balaban J connectivity index is 2.20. The Morgan fingerprint density at radius 1 is 1.44 bits per heavy atom. The first kappa shape index (κ1) is 13.3. The minimum atomic E-state index is -0.340. The molecule has 0 unspecified atom stereocenters. The molecular formula is C12H23NO3. The number of alkyl carbamates (subject to hydrolysis) is 1. The Morgan fingerprint density at radius 3 is 2.94 bits per heavy atom. The molecule has 4 heteroatoms. The van der Waals surface area contributed by atoms with Crippen molar-refractivity contribution in [2.24, 2.45) is 0 Å². The molecule has 1 fully saturated rings. The molecule has 2 N–H and O–H groups in total. The maximum absolute atomic E-state index is 11.4. The lowest BCUT2D eigenvalue weighted by atomic mass is 10.1. The van der Waals surface area contributed by atoms with Gasteiger partial charge in [0.2, 0.25) is 0 Å². The van der Waals surface area contributed by atoms with Crippen molar-refractivity contribution in [1.82, 2.24) is 5.32 Å². The van der Waals surface area contributed by atoms with Crippen LogP contribution >= 0.6 is 0 Å². The van der Waals surface area contributed by atoms with E-state index in [1.54, 1.807) is 0 Å². The van der Waals surface area contributed by atoms with Gasteiger partial charge in [0.05, 0.1) is 12.7 Å². The van der Waals surface area contributed by atoms with Gasteiger partial charge in [-0.25, -0.2) is 4.79 Å². The molecule has 1 aliphatic carbocycles. The number of aliphatic hydroxyl groups excluding tert-OH is 1. The van der Waals surface area contributed by atoms with Gasteiger partial charge in [0, 0.05) is 6.04 Å². The molecule has 0 saturated heterocycles. The van der Waals surface area contributed by atoms with Crippen LogP contribution in [0.5, 0.6) is 0 Å². The maximum atomic E-state index is 11.4. The summed E-state index contributed by atoms with van der Waals surface area (Å²) in [5, 5.41) is 12.4.